The molecule has 1 aromatic rings. The molecule has 0 aromatic heterocycles. The summed E-state index contributed by atoms with van der Waals surface area (Å²) in [5, 5.41) is 2.87. The van der Waals surface area contributed by atoms with Gasteiger partial charge in [-0.15, -0.1) is 0 Å². The van der Waals surface area contributed by atoms with E-state index in [9.17, 15) is 9.59 Å². The number of nitrogens with zero attached hydrogens (tertiary/aromatic N) is 1. The van der Waals surface area contributed by atoms with E-state index in [1.54, 1.807) is 0 Å². The maximum Gasteiger partial charge on any atom is 0.238 e. The second-order valence-corrected chi connectivity index (χ2v) is 6.25. The lowest BCUT2D eigenvalue weighted by molar-refractivity contribution is -0.123. The number of nitrogens with two attached hydrogens (primary N) is 1. The zero-order valence-corrected chi connectivity index (χ0v) is 13.3. The number of likely N-dealkylation sites (tertiary alicyclic amines) is 1. The molecule has 1 heterocycles. The van der Waals surface area contributed by atoms with Gasteiger partial charge in [0, 0.05) is 15.2 Å². The Kier molecular flexibility index (Phi) is 5.36. The molecule has 108 valence electrons. The number of hydrogen-bond donors (Lipinski definition) is 2. The molecule has 6 heteroatoms. The molecule has 5 nitrogen and oxygen atoms in total. The second-order valence-electron chi connectivity index (χ2n) is 5.01. The van der Waals surface area contributed by atoms with Crippen molar-refractivity contribution in [2.75, 3.05) is 25.0 Å². The number of benzene rings is 1. The van der Waals surface area contributed by atoms with Crippen molar-refractivity contribution in [3.8, 4) is 0 Å². The van der Waals surface area contributed by atoms with Crippen molar-refractivity contribution < 1.29 is 9.59 Å². The highest BCUT2D eigenvalue weighted by molar-refractivity contribution is 14.1. The maximum absolute atomic E-state index is 11.9. The van der Waals surface area contributed by atoms with Gasteiger partial charge in [-0.1, -0.05) is 0 Å². The van der Waals surface area contributed by atoms with Crippen LogP contribution in [0.5, 0.6) is 0 Å². The van der Waals surface area contributed by atoms with E-state index >= 15 is 0 Å². The molecule has 0 saturated carbocycles. The number of nitrogens with one attached hydrogen (secondary N) is 1. The standard InChI is InChI=1S/C14H18IN3O2/c15-11-1-3-12(4-2-11)17-13(19)9-18-7-5-10(6-8-18)14(16)20/h1-4,10H,5-9H2,(H2,16,20)(H,17,19). The molecule has 2 amide bonds. The highest BCUT2D eigenvalue weighted by Crippen LogP contribution is 2.16. The van der Waals surface area contributed by atoms with E-state index in [2.05, 4.69) is 32.8 Å². The fraction of sp³-hybridized carbons (Fsp3) is 0.429. The first-order valence-electron chi connectivity index (χ1n) is 6.61. The minimum atomic E-state index is -0.229. The van der Waals surface area contributed by atoms with Crippen LogP contribution in [-0.4, -0.2) is 36.3 Å². The van der Waals surface area contributed by atoms with Crippen LogP contribution in [-0.2, 0) is 9.59 Å². The van der Waals surface area contributed by atoms with Crippen molar-refractivity contribution in [2.45, 2.75) is 12.8 Å². The Morgan fingerprint density at radius 3 is 2.40 bits per heavy atom. The third kappa shape index (κ3) is 4.45. The molecule has 0 radical (unpaired) electrons. The molecule has 3 N–H and O–H groups in total. The van der Waals surface area contributed by atoms with Gasteiger partial charge in [0.2, 0.25) is 11.8 Å². The van der Waals surface area contributed by atoms with Crippen LogP contribution in [0, 0.1) is 9.49 Å². The maximum atomic E-state index is 11.9. The lowest BCUT2D eigenvalue weighted by atomic mass is 9.96. The van der Waals surface area contributed by atoms with Gasteiger partial charge in [-0.3, -0.25) is 14.5 Å². The lowest BCUT2D eigenvalue weighted by Crippen LogP contribution is -2.42. The number of rotatable bonds is 4. The fourth-order valence-electron chi connectivity index (χ4n) is 2.31. The molecular formula is C14H18IN3O2. The number of primary amides is 1. The first kappa shape index (κ1) is 15.2. The van der Waals surface area contributed by atoms with Crippen molar-refractivity contribution in [3.05, 3.63) is 27.8 Å². The molecule has 1 aliphatic heterocycles. The summed E-state index contributed by atoms with van der Waals surface area (Å²) in [4.78, 5) is 25.1. The van der Waals surface area contributed by atoms with Crippen molar-refractivity contribution in [1.82, 2.24) is 4.90 Å². The monoisotopic (exact) mass is 387 g/mol. The number of halogens is 1. The molecule has 1 aliphatic rings. The Bertz CT molecular complexity index is 482. The quantitative estimate of drug-likeness (QED) is 0.768. The smallest absolute Gasteiger partial charge is 0.238 e. The summed E-state index contributed by atoms with van der Waals surface area (Å²) in [7, 11) is 0. The minimum absolute atomic E-state index is 0.0243. The van der Waals surface area contributed by atoms with Crippen LogP contribution in [0.2, 0.25) is 0 Å². The zero-order chi connectivity index (χ0) is 14.5. The topological polar surface area (TPSA) is 75.4 Å². The molecule has 1 aromatic carbocycles. The van der Waals surface area contributed by atoms with Gasteiger partial charge in [-0.05, 0) is 72.8 Å². The van der Waals surface area contributed by atoms with Gasteiger partial charge in [0.15, 0.2) is 0 Å². The molecule has 1 fully saturated rings. The molecule has 2 rings (SSSR count). The minimum Gasteiger partial charge on any atom is -0.369 e. The van der Waals surface area contributed by atoms with Gasteiger partial charge in [0.05, 0.1) is 6.54 Å². The lowest BCUT2D eigenvalue weighted by Gasteiger charge is -2.29. The number of carbonyl (C=O) groups is 2. The average molecular weight is 387 g/mol. The third-order valence-corrected chi connectivity index (χ3v) is 4.20. The Hall–Kier alpha value is -1.15. The first-order valence-corrected chi connectivity index (χ1v) is 7.69. The van der Waals surface area contributed by atoms with Gasteiger partial charge >= 0.3 is 0 Å². The molecular weight excluding hydrogens is 369 g/mol. The van der Waals surface area contributed by atoms with Crippen molar-refractivity contribution in [3.63, 3.8) is 0 Å². The van der Waals surface area contributed by atoms with Crippen LogP contribution < -0.4 is 11.1 Å². The molecule has 0 unspecified atom stereocenters. The van der Waals surface area contributed by atoms with Crippen molar-refractivity contribution in [1.29, 1.82) is 0 Å². The summed E-state index contributed by atoms with van der Waals surface area (Å²) in [6.07, 6.45) is 1.48. The molecule has 0 bridgehead atoms. The summed E-state index contributed by atoms with van der Waals surface area (Å²) in [5.74, 6) is -0.290. The first-order chi connectivity index (χ1) is 9.54. The van der Waals surface area contributed by atoms with E-state index < -0.39 is 0 Å². The third-order valence-electron chi connectivity index (χ3n) is 3.49. The second kappa shape index (κ2) is 7.03. The normalized spacial score (nSPS) is 16.9. The Morgan fingerprint density at radius 1 is 1.25 bits per heavy atom. The molecule has 0 aliphatic carbocycles. The van der Waals surface area contributed by atoms with Gasteiger partial charge in [0.25, 0.3) is 0 Å². The van der Waals surface area contributed by atoms with E-state index in [1.165, 1.54) is 0 Å². The van der Waals surface area contributed by atoms with Crippen LogP contribution in [0.25, 0.3) is 0 Å². The number of amides is 2. The van der Waals surface area contributed by atoms with Crippen LogP contribution in [0.15, 0.2) is 24.3 Å². The SMILES string of the molecule is NC(=O)C1CCN(CC(=O)Nc2ccc(I)cc2)CC1. The number of piperidine rings is 1. The average Bonchev–Trinajstić information content (AvgIpc) is 2.42. The molecule has 0 spiro atoms. The van der Waals surface area contributed by atoms with E-state index in [-0.39, 0.29) is 17.7 Å². The summed E-state index contributed by atoms with van der Waals surface area (Å²) < 4.78 is 1.13. The number of hydrogen-bond acceptors (Lipinski definition) is 3. The predicted octanol–water partition coefficient (Wildman–Crippen LogP) is 1.43. The van der Waals surface area contributed by atoms with Gasteiger partial charge in [0.1, 0.15) is 0 Å². The molecule has 1 saturated heterocycles. The van der Waals surface area contributed by atoms with Crippen LogP contribution in [0.3, 0.4) is 0 Å². The summed E-state index contributed by atoms with van der Waals surface area (Å²) >= 11 is 2.22. The van der Waals surface area contributed by atoms with Crippen molar-refractivity contribution in [2.24, 2.45) is 11.7 Å². The number of carbonyl (C=O) groups excluding carboxylic acids is 2. The van der Waals surface area contributed by atoms with E-state index in [0.29, 0.717) is 6.54 Å². The molecule has 0 atom stereocenters. The Labute approximate surface area is 132 Å². The van der Waals surface area contributed by atoms with Crippen molar-refractivity contribution >= 4 is 40.1 Å². The summed E-state index contributed by atoms with van der Waals surface area (Å²) in [5.41, 5.74) is 6.10. The van der Waals surface area contributed by atoms with Gasteiger partial charge < -0.3 is 11.1 Å². The van der Waals surface area contributed by atoms with E-state index in [1.807, 2.05) is 24.3 Å². The summed E-state index contributed by atoms with van der Waals surface area (Å²) in [6.45, 7) is 1.85. The Balaban J connectivity index is 1.78. The Morgan fingerprint density at radius 2 is 1.85 bits per heavy atom. The predicted molar refractivity (Wildman–Crippen MR) is 86.1 cm³/mol. The molecule has 20 heavy (non-hydrogen) atoms. The number of anilines is 1. The van der Waals surface area contributed by atoms with Gasteiger partial charge in [-0.25, -0.2) is 0 Å². The van der Waals surface area contributed by atoms with Gasteiger partial charge in [-0.2, -0.15) is 0 Å². The highest BCUT2D eigenvalue weighted by atomic mass is 127. The van der Waals surface area contributed by atoms with E-state index in [4.69, 9.17) is 5.73 Å². The summed E-state index contributed by atoms with van der Waals surface area (Å²) in [6, 6.07) is 7.68. The van der Waals surface area contributed by atoms with Crippen LogP contribution in [0.4, 0.5) is 5.69 Å². The van der Waals surface area contributed by atoms with Crippen LogP contribution in [0.1, 0.15) is 12.8 Å². The zero-order valence-electron chi connectivity index (χ0n) is 11.1. The highest BCUT2D eigenvalue weighted by Gasteiger charge is 2.24. The fourth-order valence-corrected chi connectivity index (χ4v) is 2.67. The van der Waals surface area contributed by atoms with Crippen LogP contribution >= 0.6 is 22.6 Å². The largest absolute Gasteiger partial charge is 0.369 e. The van der Waals surface area contributed by atoms with E-state index in [0.717, 1.165) is 35.2 Å².